The topological polar surface area (TPSA) is 63.2 Å². The molecular weight excluding hydrogens is 479 g/mol. The standard InChI is InChI=1S/C26H22Cl2O6/c1-14-20(33-13-15-5-7-18(27)19(28)9-15)8-6-17-24(29)21(34-25(14)17)10-16-11-22(30-2)26(32-4)23(12-16)31-3/h5-12H,13H2,1-4H3/b21-10-. The van der Waals surface area contributed by atoms with Gasteiger partial charge in [0, 0.05) is 5.56 Å². The highest BCUT2D eigenvalue weighted by Gasteiger charge is 2.30. The van der Waals surface area contributed by atoms with Crippen molar-refractivity contribution in [3.8, 4) is 28.7 Å². The Hall–Kier alpha value is -3.35. The number of Topliss-reactive ketones (excluding diaryl/α,β-unsaturated/α-hetero) is 1. The quantitative estimate of drug-likeness (QED) is 0.344. The molecule has 0 aliphatic carbocycles. The van der Waals surface area contributed by atoms with Gasteiger partial charge in [-0.1, -0.05) is 29.3 Å². The van der Waals surface area contributed by atoms with Gasteiger partial charge in [0.15, 0.2) is 17.3 Å². The number of benzene rings is 3. The normalized spacial score (nSPS) is 13.5. The third-order valence-corrected chi connectivity index (χ3v) is 6.14. The minimum Gasteiger partial charge on any atom is -0.493 e. The summed E-state index contributed by atoms with van der Waals surface area (Å²) >= 11 is 12.1. The first-order valence-corrected chi connectivity index (χ1v) is 11.1. The zero-order valence-electron chi connectivity index (χ0n) is 19.0. The molecule has 0 saturated heterocycles. The van der Waals surface area contributed by atoms with Crippen LogP contribution in [0.4, 0.5) is 0 Å². The van der Waals surface area contributed by atoms with Gasteiger partial charge in [0.2, 0.25) is 11.5 Å². The van der Waals surface area contributed by atoms with Crippen molar-refractivity contribution in [1.29, 1.82) is 0 Å². The third kappa shape index (κ3) is 4.52. The summed E-state index contributed by atoms with van der Waals surface area (Å²) in [5.41, 5.74) is 2.73. The number of carbonyl (C=O) groups is 1. The van der Waals surface area contributed by atoms with Gasteiger partial charge in [-0.25, -0.2) is 0 Å². The molecule has 8 heteroatoms. The molecule has 3 aromatic rings. The molecule has 0 radical (unpaired) electrons. The fourth-order valence-electron chi connectivity index (χ4n) is 3.65. The number of carbonyl (C=O) groups excluding carboxylic acids is 1. The van der Waals surface area contributed by atoms with Crippen LogP contribution in [0.25, 0.3) is 6.08 Å². The molecule has 0 N–H and O–H groups in total. The van der Waals surface area contributed by atoms with Crippen LogP contribution in [0.5, 0.6) is 28.7 Å². The van der Waals surface area contributed by atoms with E-state index in [4.69, 9.17) is 46.9 Å². The Kier molecular flexibility index (Phi) is 6.91. The molecule has 0 amide bonds. The summed E-state index contributed by atoms with van der Waals surface area (Å²) in [5.74, 6) is 2.46. The highest BCUT2D eigenvalue weighted by molar-refractivity contribution is 6.42. The largest absolute Gasteiger partial charge is 0.493 e. The Bertz CT molecular complexity index is 1270. The van der Waals surface area contributed by atoms with E-state index in [1.165, 1.54) is 21.3 Å². The smallest absolute Gasteiger partial charge is 0.231 e. The fraction of sp³-hybridized carbons (Fsp3) is 0.192. The summed E-state index contributed by atoms with van der Waals surface area (Å²) in [5, 5.41) is 0.946. The van der Waals surface area contributed by atoms with E-state index in [1.54, 1.807) is 42.5 Å². The predicted octanol–water partition coefficient (Wildman–Crippen LogP) is 6.52. The summed E-state index contributed by atoms with van der Waals surface area (Å²) in [7, 11) is 4.59. The minimum absolute atomic E-state index is 0.189. The highest BCUT2D eigenvalue weighted by Crippen LogP contribution is 2.42. The molecule has 0 unspecified atom stereocenters. The molecule has 176 valence electrons. The van der Waals surface area contributed by atoms with Crippen LogP contribution in [-0.4, -0.2) is 27.1 Å². The van der Waals surface area contributed by atoms with Crippen molar-refractivity contribution in [1.82, 2.24) is 0 Å². The number of ketones is 1. The number of hydrogen-bond donors (Lipinski definition) is 0. The van der Waals surface area contributed by atoms with E-state index >= 15 is 0 Å². The number of hydrogen-bond acceptors (Lipinski definition) is 6. The number of fused-ring (bicyclic) bond motifs is 1. The van der Waals surface area contributed by atoms with Gasteiger partial charge < -0.3 is 23.7 Å². The first-order valence-electron chi connectivity index (χ1n) is 10.3. The van der Waals surface area contributed by atoms with E-state index in [-0.39, 0.29) is 11.5 Å². The zero-order valence-corrected chi connectivity index (χ0v) is 20.5. The summed E-state index contributed by atoms with van der Waals surface area (Å²) in [6.07, 6.45) is 1.64. The van der Waals surface area contributed by atoms with Gasteiger partial charge in [-0.3, -0.25) is 4.79 Å². The molecule has 0 atom stereocenters. The first-order chi connectivity index (χ1) is 16.4. The van der Waals surface area contributed by atoms with E-state index in [1.807, 2.05) is 13.0 Å². The number of allylic oxidation sites excluding steroid dienone is 1. The monoisotopic (exact) mass is 500 g/mol. The van der Waals surface area contributed by atoms with Crippen LogP contribution in [0.3, 0.4) is 0 Å². The summed E-state index contributed by atoms with van der Waals surface area (Å²) < 4.78 is 28.1. The molecule has 3 aromatic carbocycles. The van der Waals surface area contributed by atoms with Gasteiger partial charge in [0.1, 0.15) is 18.1 Å². The van der Waals surface area contributed by atoms with Gasteiger partial charge in [-0.15, -0.1) is 0 Å². The molecule has 0 spiro atoms. The molecular formula is C26H22Cl2O6. The van der Waals surface area contributed by atoms with Crippen LogP contribution >= 0.6 is 23.2 Å². The average molecular weight is 501 g/mol. The van der Waals surface area contributed by atoms with E-state index < -0.39 is 0 Å². The van der Waals surface area contributed by atoms with E-state index in [0.29, 0.717) is 56.5 Å². The van der Waals surface area contributed by atoms with Gasteiger partial charge in [-0.05, 0) is 60.5 Å². The lowest BCUT2D eigenvalue weighted by Gasteiger charge is -2.13. The Balaban J connectivity index is 1.60. The van der Waals surface area contributed by atoms with Crippen molar-refractivity contribution in [2.24, 2.45) is 0 Å². The van der Waals surface area contributed by atoms with Gasteiger partial charge in [-0.2, -0.15) is 0 Å². The van der Waals surface area contributed by atoms with Crippen molar-refractivity contribution in [3.63, 3.8) is 0 Å². The second-order valence-electron chi connectivity index (χ2n) is 7.50. The van der Waals surface area contributed by atoms with Crippen molar-refractivity contribution < 1.29 is 28.5 Å². The summed E-state index contributed by atoms with van der Waals surface area (Å²) in [4.78, 5) is 13.0. The summed E-state index contributed by atoms with van der Waals surface area (Å²) in [6.45, 7) is 2.14. The fourth-order valence-corrected chi connectivity index (χ4v) is 3.97. The maximum absolute atomic E-state index is 13.0. The van der Waals surface area contributed by atoms with Crippen molar-refractivity contribution >= 4 is 35.1 Å². The van der Waals surface area contributed by atoms with Crippen LogP contribution < -0.4 is 23.7 Å². The van der Waals surface area contributed by atoms with Gasteiger partial charge in [0.05, 0.1) is 36.9 Å². The van der Waals surface area contributed by atoms with Crippen LogP contribution in [0.2, 0.25) is 10.0 Å². The Labute approximate surface area is 207 Å². The van der Waals surface area contributed by atoms with E-state index in [9.17, 15) is 4.79 Å². The zero-order chi connectivity index (χ0) is 24.4. The molecule has 34 heavy (non-hydrogen) atoms. The second kappa shape index (κ2) is 9.87. The Morgan fingerprint density at radius 1 is 0.882 bits per heavy atom. The second-order valence-corrected chi connectivity index (χ2v) is 8.32. The van der Waals surface area contributed by atoms with Crippen molar-refractivity contribution in [2.45, 2.75) is 13.5 Å². The lowest BCUT2D eigenvalue weighted by molar-refractivity contribution is 0.101. The lowest BCUT2D eigenvalue weighted by Crippen LogP contribution is -1.99. The maximum atomic E-state index is 13.0. The number of methoxy groups -OCH3 is 3. The maximum Gasteiger partial charge on any atom is 0.231 e. The van der Waals surface area contributed by atoms with Crippen LogP contribution in [-0.2, 0) is 6.61 Å². The van der Waals surface area contributed by atoms with Gasteiger partial charge >= 0.3 is 0 Å². The molecule has 0 aromatic heterocycles. The lowest BCUT2D eigenvalue weighted by atomic mass is 10.1. The number of ether oxygens (including phenoxy) is 5. The molecule has 1 aliphatic heterocycles. The Morgan fingerprint density at radius 2 is 1.59 bits per heavy atom. The third-order valence-electron chi connectivity index (χ3n) is 5.40. The first kappa shape index (κ1) is 23.8. The molecule has 6 nitrogen and oxygen atoms in total. The van der Waals surface area contributed by atoms with Crippen LogP contribution in [0, 0.1) is 6.92 Å². The molecule has 0 saturated carbocycles. The number of rotatable bonds is 7. The summed E-state index contributed by atoms with van der Waals surface area (Å²) in [6, 6.07) is 12.3. The molecule has 0 fully saturated rings. The van der Waals surface area contributed by atoms with Crippen molar-refractivity contribution in [3.05, 3.63) is 80.5 Å². The molecule has 1 heterocycles. The average Bonchev–Trinajstić information content (AvgIpc) is 3.15. The molecule has 0 bridgehead atoms. The number of halogens is 2. The SMILES string of the molecule is COc1cc(/C=C2\Oc3c(ccc(OCc4ccc(Cl)c(Cl)c4)c3C)C2=O)cc(OC)c1OC. The predicted molar refractivity (Wildman–Crippen MR) is 131 cm³/mol. The van der Waals surface area contributed by atoms with Crippen molar-refractivity contribution in [2.75, 3.05) is 21.3 Å². The van der Waals surface area contributed by atoms with Gasteiger partial charge in [0.25, 0.3) is 0 Å². The van der Waals surface area contributed by atoms with Crippen LogP contribution in [0.1, 0.15) is 27.0 Å². The molecule has 4 rings (SSSR count). The Morgan fingerprint density at radius 3 is 2.21 bits per heavy atom. The van der Waals surface area contributed by atoms with E-state index in [0.717, 1.165) is 11.1 Å². The van der Waals surface area contributed by atoms with E-state index in [2.05, 4.69) is 0 Å². The minimum atomic E-state index is -0.220. The molecule has 1 aliphatic rings. The van der Waals surface area contributed by atoms with Crippen LogP contribution in [0.15, 0.2) is 48.2 Å². The highest BCUT2D eigenvalue weighted by atomic mass is 35.5.